The van der Waals surface area contributed by atoms with Crippen molar-refractivity contribution >= 4 is 5.95 Å². The number of anilines is 1. The lowest BCUT2D eigenvalue weighted by Gasteiger charge is -2.33. The zero-order valence-corrected chi connectivity index (χ0v) is 13.1. The van der Waals surface area contributed by atoms with E-state index in [9.17, 15) is 0 Å². The van der Waals surface area contributed by atoms with E-state index in [4.69, 9.17) is 10.2 Å². The van der Waals surface area contributed by atoms with Crippen LogP contribution in [0.2, 0.25) is 0 Å². The van der Waals surface area contributed by atoms with Crippen LogP contribution in [-0.2, 0) is 13.0 Å². The van der Waals surface area contributed by atoms with Gasteiger partial charge in [-0.25, -0.2) is 15.0 Å². The molecule has 118 valence electrons. The molecule has 23 heavy (non-hydrogen) atoms. The summed E-state index contributed by atoms with van der Waals surface area (Å²) in [4.78, 5) is 15.6. The summed E-state index contributed by atoms with van der Waals surface area (Å²) in [6.45, 7) is 2.92. The quantitative estimate of drug-likeness (QED) is 0.851. The highest BCUT2D eigenvalue weighted by molar-refractivity contribution is 5.35. The third kappa shape index (κ3) is 2.67. The predicted molar refractivity (Wildman–Crippen MR) is 86.1 cm³/mol. The Labute approximate surface area is 135 Å². The fourth-order valence-corrected chi connectivity index (χ4v) is 3.72. The lowest BCUT2D eigenvalue weighted by molar-refractivity contribution is 0.443. The van der Waals surface area contributed by atoms with E-state index < -0.39 is 0 Å². The zero-order chi connectivity index (χ0) is 15.6. The number of rotatable bonds is 2. The van der Waals surface area contributed by atoms with E-state index in [1.807, 2.05) is 0 Å². The van der Waals surface area contributed by atoms with Gasteiger partial charge in [-0.15, -0.1) is 0 Å². The smallest absolute Gasteiger partial charge is 0.226 e. The van der Waals surface area contributed by atoms with E-state index in [0.717, 1.165) is 38.9 Å². The maximum Gasteiger partial charge on any atom is 0.226 e. The molecule has 0 saturated carbocycles. The van der Waals surface area contributed by atoms with Crippen molar-refractivity contribution in [3.05, 3.63) is 35.7 Å². The Bertz CT molecular complexity index is 744. The summed E-state index contributed by atoms with van der Waals surface area (Å²) in [7, 11) is 0. The van der Waals surface area contributed by atoms with Gasteiger partial charge in [-0.3, -0.25) is 0 Å². The maximum atomic E-state index is 9.02. The highest BCUT2D eigenvalue weighted by atomic mass is 15.3. The van der Waals surface area contributed by atoms with Crippen molar-refractivity contribution in [3.63, 3.8) is 0 Å². The number of imidazole rings is 1. The second-order valence-corrected chi connectivity index (χ2v) is 6.36. The minimum Gasteiger partial charge on any atom is -0.340 e. The van der Waals surface area contributed by atoms with E-state index in [0.29, 0.717) is 17.6 Å². The second kappa shape index (κ2) is 5.99. The van der Waals surface area contributed by atoms with Gasteiger partial charge in [-0.2, -0.15) is 5.26 Å². The Morgan fingerprint density at radius 2 is 2.13 bits per heavy atom. The molecule has 0 N–H and O–H groups in total. The minimum absolute atomic E-state index is 0.421. The van der Waals surface area contributed by atoms with E-state index in [-0.39, 0.29) is 0 Å². The average molecular weight is 308 g/mol. The van der Waals surface area contributed by atoms with Gasteiger partial charge in [0.15, 0.2) is 0 Å². The molecule has 2 aliphatic heterocycles. The summed E-state index contributed by atoms with van der Waals surface area (Å²) >= 11 is 0. The first-order valence-electron chi connectivity index (χ1n) is 8.37. The van der Waals surface area contributed by atoms with Crippen LogP contribution in [-0.4, -0.2) is 32.6 Å². The summed E-state index contributed by atoms with van der Waals surface area (Å²) in [6.07, 6.45) is 9.66. The van der Waals surface area contributed by atoms with Crippen LogP contribution in [0.25, 0.3) is 0 Å². The molecule has 0 spiro atoms. The first-order valence-corrected chi connectivity index (χ1v) is 8.37. The molecule has 6 heteroatoms. The highest BCUT2D eigenvalue weighted by Gasteiger charge is 2.27. The minimum atomic E-state index is 0.421. The van der Waals surface area contributed by atoms with Gasteiger partial charge in [-0.05, 0) is 38.2 Å². The van der Waals surface area contributed by atoms with Crippen LogP contribution in [0.1, 0.15) is 48.8 Å². The molecule has 6 nitrogen and oxygen atoms in total. The third-order valence-electron chi connectivity index (χ3n) is 4.86. The van der Waals surface area contributed by atoms with E-state index in [1.165, 1.54) is 24.4 Å². The molecule has 0 radical (unpaired) electrons. The van der Waals surface area contributed by atoms with Crippen molar-refractivity contribution < 1.29 is 0 Å². The van der Waals surface area contributed by atoms with Gasteiger partial charge in [-0.1, -0.05) is 0 Å². The average Bonchev–Trinajstić information content (AvgIpc) is 3.06. The Kier molecular flexibility index (Phi) is 3.70. The largest absolute Gasteiger partial charge is 0.340 e. The van der Waals surface area contributed by atoms with Gasteiger partial charge < -0.3 is 9.47 Å². The summed E-state index contributed by atoms with van der Waals surface area (Å²) < 4.78 is 2.42. The molecule has 4 heterocycles. The summed E-state index contributed by atoms with van der Waals surface area (Å²) in [5, 5.41) is 9.02. The number of hydrogen-bond donors (Lipinski definition) is 0. The SMILES string of the molecule is N#Cc1ccnc(N2CCC[C@@H](c3ncc4n3CCCC4)C2)n1. The number of fused-ring (bicyclic) bond motifs is 1. The molecule has 0 aromatic carbocycles. The summed E-state index contributed by atoms with van der Waals surface area (Å²) in [6, 6.07) is 3.74. The van der Waals surface area contributed by atoms with E-state index >= 15 is 0 Å². The lowest BCUT2D eigenvalue weighted by atomic mass is 9.97. The Morgan fingerprint density at radius 3 is 3.04 bits per heavy atom. The zero-order valence-electron chi connectivity index (χ0n) is 13.1. The van der Waals surface area contributed by atoms with Gasteiger partial charge in [0, 0.05) is 43.6 Å². The fraction of sp³-hybridized carbons (Fsp3) is 0.529. The van der Waals surface area contributed by atoms with Crippen molar-refractivity contribution in [2.45, 2.75) is 44.6 Å². The van der Waals surface area contributed by atoms with Gasteiger partial charge in [0.2, 0.25) is 5.95 Å². The standard InChI is InChI=1S/C17H20N6/c18-10-14-6-7-19-17(21-14)22-8-3-4-13(12-22)16-20-11-15-5-1-2-9-23(15)16/h6-7,11,13H,1-5,8-9,12H2/t13-/m1/s1. The van der Waals surface area contributed by atoms with Crippen LogP contribution in [0.3, 0.4) is 0 Å². The van der Waals surface area contributed by atoms with Crippen LogP contribution in [0.5, 0.6) is 0 Å². The number of piperidine rings is 1. The molecule has 2 aromatic heterocycles. The van der Waals surface area contributed by atoms with Crippen molar-refractivity contribution in [3.8, 4) is 6.07 Å². The predicted octanol–water partition coefficient (Wildman–Crippen LogP) is 2.27. The number of aryl methyl sites for hydroxylation is 1. The summed E-state index contributed by atoms with van der Waals surface area (Å²) in [5.74, 6) is 2.31. The van der Waals surface area contributed by atoms with Crippen molar-refractivity contribution in [2.75, 3.05) is 18.0 Å². The molecule has 2 aromatic rings. The second-order valence-electron chi connectivity index (χ2n) is 6.36. The normalized spacial score (nSPS) is 20.8. The van der Waals surface area contributed by atoms with Crippen LogP contribution in [0, 0.1) is 11.3 Å². The van der Waals surface area contributed by atoms with E-state index in [1.54, 1.807) is 12.3 Å². The van der Waals surface area contributed by atoms with Crippen molar-refractivity contribution in [1.29, 1.82) is 5.26 Å². The number of hydrogen-bond acceptors (Lipinski definition) is 5. The Balaban J connectivity index is 1.57. The Hall–Kier alpha value is -2.42. The van der Waals surface area contributed by atoms with Gasteiger partial charge >= 0.3 is 0 Å². The molecule has 0 unspecified atom stereocenters. The van der Waals surface area contributed by atoms with Crippen LogP contribution < -0.4 is 4.90 Å². The maximum absolute atomic E-state index is 9.02. The lowest BCUT2D eigenvalue weighted by Crippen LogP contribution is -2.36. The van der Waals surface area contributed by atoms with Gasteiger partial charge in [0.25, 0.3) is 0 Å². The van der Waals surface area contributed by atoms with E-state index in [2.05, 4.69) is 31.7 Å². The highest BCUT2D eigenvalue weighted by Crippen LogP contribution is 2.30. The molecule has 2 aliphatic rings. The molecule has 4 rings (SSSR count). The molecule has 0 bridgehead atoms. The van der Waals surface area contributed by atoms with Crippen LogP contribution in [0.4, 0.5) is 5.95 Å². The number of nitrogens with zero attached hydrogens (tertiary/aromatic N) is 6. The van der Waals surface area contributed by atoms with Crippen LogP contribution >= 0.6 is 0 Å². The molecule has 1 fully saturated rings. The third-order valence-corrected chi connectivity index (χ3v) is 4.86. The number of aromatic nitrogens is 4. The molecule has 1 atom stereocenters. The van der Waals surface area contributed by atoms with Crippen LogP contribution in [0.15, 0.2) is 18.5 Å². The van der Waals surface area contributed by atoms with Crippen molar-refractivity contribution in [1.82, 2.24) is 19.5 Å². The molecule has 1 saturated heterocycles. The molecule has 0 aliphatic carbocycles. The fourth-order valence-electron chi connectivity index (χ4n) is 3.72. The monoisotopic (exact) mass is 308 g/mol. The first-order chi connectivity index (χ1) is 11.3. The van der Waals surface area contributed by atoms with Gasteiger partial charge in [0.05, 0.1) is 0 Å². The molecular formula is C17H20N6. The summed E-state index contributed by atoms with van der Waals surface area (Å²) in [5.41, 5.74) is 1.81. The van der Waals surface area contributed by atoms with Crippen molar-refractivity contribution in [2.24, 2.45) is 0 Å². The number of nitriles is 1. The molecular weight excluding hydrogens is 288 g/mol. The van der Waals surface area contributed by atoms with Gasteiger partial charge in [0.1, 0.15) is 17.6 Å². The Morgan fingerprint density at radius 1 is 1.17 bits per heavy atom. The molecule has 0 amide bonds. The first kappa shape index (κ1) is 14.2. The topological polar surface area (TPSA) is 70.6 Å².